The zero-order chi connectivity index (χ0) is 15.9. The highest BCUT2D eigenvalue weighted by Gasteiger charge is 2.52. The number of aromatic carboxylic acids is 1. The lowest BCUT2D eigenvalue weighted by atomic mass is 10.2. The summed E-state index contributed by atoms with van der Waals surface area (Å²) in [6, 6.07) is 2.38. The third-order valence-electron chi connectivity index (χ3n) is 4.06. The summed E-state index contributed by atoms with van der Waals surface area (Å²) in [6.45, 7) is 2.09. The number of nitrogens with one attached hydrogen (secondary N) is 1. The van der Waals surface area contributed by atoms with Gasteiger partial charge in [-0.3, -0.25) is 9.59 Å². The molecule has 1 aromatic rings. The Morgan fingerprint density at radius 1 is 1.55 bits per heavy atom. The van der Waals surface area contributed by atoms with Crippen LogP contribution in [0.1, 0.15) is 36.1 Å². The second-order valence-corrected chi connectivity index (χ2v) is 7.06. The molecule has 1 aromatic heterocycles. The van der Waals surface area contributed by atoms with Crippen molar-refractivity contribution in [3.63, 3.8) is 0 Å². The minimum absolute atomic E-state index is 0.0128. The van der Waals surface area contributed by atoms with Gasteiger partial charge in [0.1, 0.15) is 11.8 Å². The predicted molar refractivity (Wildman–Crippen MR) is 78.2 cm³/mol. The van der Waals surface area contributed by atoms with Crippen LogP contribution < -0.4 is 5.32 Å². The van der Waals surface area contributed by atoms with E-state index in [1.165, 1.54) is 12.1 Å². The Labute approximate surface area is 131 Å². The Kier molecular flexibility index (Phi) is 3.64. The van der Waals surface area contributed by atoms with Gasteiger partial charge in [0, 0.05) is 12.2 Å². The van der Waals surface area contributed by atoms with E-state index >= 15 is 0 Å². The molecule has 2 N–H and O–H groups in total. The summed E-state index contributed by atoms with van der Waals surface area (Å²) in [7, 11) is 0. The number of amides is 2. The number of hydrogen-bond acceptors (Lipinski definition) is 5. The van der Waals surface area contributed by atoms with Crippen molar-refractivity contribution in [1.82, 2.24) is 10.2 Å². The minimum atomic E-state index is -1.15. The molecule has 0 aliphatic carbocycles. The Balaban J connectivity index is 1.62. The van der Waals surface area contributed by atoms with Gasteiger partial charge in [-0.15, -0.1) is 11.8 Å². The Hall–Kier alpha value is -1.96. The molecule has 0 unspecified atom stereocenters. The van der Waals surface area contributed by atoms with Gasteiger partial charge in [0.2, 0.25) is 17.6 Å². The molecule has 0 bridgehead atoms. The van der Waals surface area contributed by atoms with Gasteiger partial charge in [0.25, 0.3) is 0 Å². The van der Waals surface area contributed by atoms with Gasteiger partial charge in [-0.25, -0.2) is 4.79 Å². The lowest BCUT2D eigenvalue weighted by Crippen LogP contribution is -2.49. The smallest absolute Gasteiger partial charge is 0.371 e. The first-order valence-electron chi connectivity index (χ1n) is 6.96. The summed E-state index contributed by atoms with van der Waals surface area (Å²) in [5.74, 6) is -0.594. The third kappa shape index (κ3) is 2.47. The van der Waals surface area contributed by atoms with Gasteiger partial charge in [-0.05, 0) is 25.5 Å². The first kappa shape index (κ1) is 15.0. The molecule has 7 nitrogen and oxygen atoms in total. The molecule has 3 rings (SSSR count). The summed E-state index contributed by atoms with van der Waals surface area (Å²) >= 11 is 1.63. The van der Waals surface area contributed by atoms with E-state index in [9.17, 15) is 14.4 Å². The highest BCUT2D eigenvalue weighted by Crippen LogP contribution is 2.47. The quantitative estimate of drug-likeness (QED) is 0.858. The van der Waals surface area contributed by atoms with Crippen molar-refractivity contribution in [3.8, 4) is 0 Å². The average molecular weight is 324 g/mol. The van der Waals surface area contributed by atoms with Crippen LogP contribution in [0.3, 0.4) is 0 Å². The first-order valence-corrected chi connectivity index (χ1v) is 7.95. The number of fused-ring (bicyclic) bond motifs is 1. The minimum Gasteiger partial charge on any atom is -0.475 e. The number of thioether (sulfide) groups is 1. The van der Waals surface area contributed by atoms with Crippen molar-refractivity contribution in [2.45, 2.75) is 37.2 Å². The molecule has 8 heteroatoms. The summed E-state index contributed by atoms with van der Waals surface area (Å²) in [5.41, 5.74) is 0. The molecular formula is C14H16N2O5S. The van der Waals surface area contributed by atoms with E-state index in [-0.39, 0.29) is 29.0 Å². The molecule has 0 saturated carbocycles. The van der Waals surface area contributed by atoms with Crippen molar-refractivity contribution >= 4 is 29.5 Å². The molecular weight excluding hydrogens is 308 g/mol. The highest BCUT2D eigenvalue weighted by molar-refractivity contribution is 8.01. The first-order chi connectivity index (χ1) is 10.4. The highest BCUT2D eigenvalue weighted by atomic mass is 32.2. The zero-order valence-electron chi connectivity index (χ0n) is 12.0. The van der Waals surface area contributed by atoms with Crippen molar-refractivity contribution in [3.05, 3.63) is 23.7 Å². The topological polar surface area (TPSA) is 99.9 Å². The number of carbonyl (C=O) groups excluding carboxylic acids is 2. The number of carboxylic acids is 1. The number of nitrogens with zero attached hydrogens (tertiary/aromatic N) is 1. The maximum absolute atomic E-state index is 12.3. The Bertz CT molecular complexity index is 643. The lowest BCUT2D eigenvalue weighted by Gasteiger charge is -2.29. The molecule has 0 aromatic carbocycles. The third-order valence-corrected chi connectivity index (χ3v) is 5.56. The van der Waals surface area contributed by atoms with E-state index in [4.69, 9.17) is 9.52 Å². The van der Waals surface area contributed by atoms with Crippen LogP contribution in [0.5, 0.6) is 0 Å². The molecule has 2 amide bonds. The second kappa shape index (κ2) is 5.35. The normalized spacial score (nSPS) is 27.0. The molecule has 2 aliphatic rings. The van der Waals surface area contributed by atoms with Crippen molar-refractivity contribution in [1.29, 1.82) is 0 Å². The number of furan rings is 1. The second-order valence-electron chi connectivity index (χ2n) is 5.55. The van der Waals surface area contributed by atoms with Crippen molar-refractivity contribution < 1.29 is 23.9 Å². The van der Waals surface area contributed by atoms with Gasteiger partial charge in [-0.1, -0.05) is 0 Å². The van der Waals surface area contributed by atoms with E-state index in [1.54, 1.807) is 16.7 Å². The van der Waals surface area contributed by atoms with Gasteiger partial charge in [0.05, 0.1) is 11.4 Å². The summed E-state index contributed by atoms with van der Waals surface area (Å²) in [6.07, 6.45) is 1.24. The Morgan fingerprint density at radius 3 is 3.00 bits per heavy atom. The van der Waals surface area contributed by atoms with E-state index in [0.717, 1.165) is 6.42 Å². The van der Waals surface area contributed by atoms with Crippen LogP contribution in [0.2, 0.25) is 0 Å². The molecule has 22 heavy (non-hydrogen) atoms. The maximum atomic E-state index is 12.3. The molecule has 2 fully saturated rings. The predicted octanol–water partition coefficient (Wildman–Crippen LogP) is 1.05. The van der Waals surface area contributed by atoms with Crippen LogP contribution in [-0.2, 0) is 16.1 Å². The van der Waals surface area contributed by atoms with Gasteiger partial charge < -0.3 is 19.7 Å². The average Bonchev–Trinajstić information content (AvgIpc) is 3.13. The molecule has 2 saturated heterocycles. The fourth-order valence-electron chi connectivity index (χ4n) is 2.89. The number of hydrogen-bond donors (Lipinski definition) is 2. The summed E-state index contributed by atoms with van der Waals surface area (Å²) < 4.78 is 5.09. The zero-order valence-corrected chi connectivity index (χ0v) is 12.8. The van der Waals surface area contributed by atoms with Gasteiger partial charge >= 0.3 is 5.97 Å². The van der Waals surface area contributed by atoms with E-state index in [1.807, 2.05) is 6.92 Å². The maximum Gasteiger partial charge on any atom is 0.371 e. The molecule has 2 aliphatic heterocycles. The van der Waals surface area contributed by atoms with Gasteiger partial charge in [-0.2, -0.15) is 0 Å². The van der Waals surface area contributed by atoms with Crippen molar-refractivity contribution in [2.24, 2.45) is 0 Å². The monoisotopic (exact) mass is 324 g/mol. The number of rotatable bonds is 4. The molecule has 2 atom stereocenters. The van der Waals surface area contributed by atoms with E-state index in [2.05, 4.69) is 5.32 Å². The SMILES string of the molecule is C[C@@]12CCC(=O)N1[C@@H](C(=O)NCc1ccc(C(=O)O)o1)CS2. The van der Waals surface area contributed by atoms with Crippen LogP contribution in [0.4, 0.5) is 0 Å². The van der Waals surface area contributed by atoms with E-state index < -0.39 is 12.0 Å². The van der Waals surface area contributed by atoms with Crippen LogP contribution >= 0.6 is 11.8 Å². The lowest BCUT2D eigenvalue weighted by molar-refractivity contribution is -0.138. The fourth-order valence-corrected chi connectivity index (χ4v) is 4.33. The molecule has 0 spiro atoms. The van der Waals surface area contributed by atoms with Crippen molar-refractivity contribution in [2.75, 3.05) is 5.75 Å². The summed E-state index contributed by atoms with van der Waals surface area (Å²) in [4.78, 5) is 36.4. The van der Waals surface area contributed by atoms with Crippen LogP contribution in [-0.4, -0.2) is 44.5 Å². The largest absolute Gasteiger partial charge is 0.475 e. The fraction of sp³-hybridized carbons (Fsp3) is 0.500. The van der Waals surface area contributed by atoms with Crippen LogP contribution in [0.25, 0.3) is 0 Å². The van der Waals surface area contributed by atoms with Crippen LogP contribution in [0, 0.1) is 0 Å². The van der Waals surface area contributed by atoms with Gasteiger partial charge in [0.15, 0.2) is 0 Å². The number of carboxylic acid groups (broad SMARTS) is 1. The number of carbonyl (C=O) groups is 3. The summed E-state index contributed by atoms with van der Waals surface area (Å²) in [5, 5.41) is 11.5. The molecule has 118 valence electrons. The molecule has 0 radical (unpaired) electrons. The standard InChI is InChI=1S/C14H16N2O5S/c1-14-5-4-11(17)16(14)9(7-22-14)12(18)15-6-8-2-3-10(21-8)13(19)20/h2-3,9H,4-7H2,1H3,(H,15,18)(H,19,20)/t9-,14-/m1/s1. The Morgan fingerprint density at radius 2 is 2.32 bits per heavy atom. The van der Waals surface area contributed by atoms with Crippen LogP contribution in [0.15, 0.2) is 16.5 Å². The van der Waals surface area contributed by atoms with E-state index in [0.29, 0.717) is 17.9 Å². The molecule has 3 heterocycles.